The molecule has 0 unspecified atom stereocenters. The van der Waals surface area contributed by atoms with Gasteiger partial charge in [0.25, 0.3) is 0 Å². The summed E-state index contributed by atoms with van der Waals surface area (Å²) >= 11 is 0. The smallest absolute Gasteiger partial charge is 0.344 e. The van der Waals surface area contributed by atoms with Crippen LogP contribution in [0.5, 0.6) is 5.88 Å². The lowest BCUT2D eigenvalue weighted by molar-refractivity contribution is 0.0722. The number of benzene rings is 2. The summed E-state index contributed by atoms with van der Waals surface area (Å²) in [6.07, 6.45) is 0. The van der Waals surface area contributed by atoms with Crippen LogP contribution in [0.2, 0.25) is 0 Å². The third-order valence-corrected chi connectivity index (χ3v) is 3.58. The summed E-state index contributed by atoms with van der Waals surface area (Å²) in [7, 11) is 0. The highest BCUT2D eigenvalue weighted by atomic mass is 16.5. The number of fused-ring (bicyclic) bond motifs is 1. The SMILES string of the molecule is Cc1cc(OC(=O)c2ccccc2)n(-c2nc3ccccc3[nH]2)n1. The van der Waals surface area contributed by atoms with Gasteiger partial charge >= 0.3 is 5.97 Å². The number of hydrogen-bond acceptors (Lipinski definition) is 4. The fourth-order valence-corrected chi connectivity index (χ4v) is 2.47. The summed E-state index contributed by atoms with van der Waals surface area (Å²) in [4.78, 5) is 20.0. The number of nitrogens with one attached hydrogen (secondary N) is 1. The van der Waals surface area contributed by atoms with E-state index in [1.165, 1.54) is 4.68 Å². The number of aromatic nitrogens is 4. The zero-order valence-corrected chi connectivity index (χ0v) is 12.9. The van der Waals surface area contributed by atoms with E-state index in [1.807, 2.05) is 37.3 Å². The van der Waals surface area contributed by atoms with Gasteiger partial charge in [-0.05, 0) is 31.2 Å². The summed E-state index contributed by atoms with van der Waals surface area (Å²) in [6, 6.07) is 18.2. The Bertz CT molecular complexity index is 985. The highest BCUT2D eigenvalue weighted by Crippen LogP contribution is 2.21. The Hall–Kier alpha value is -3.41. The zero-order valence-electron chi connectivity index (χ0n) is 12.9. The van der Waals surface area contributed by atoms with Crippen LogP contribution >= 0.6 is 0 Å². The molecule has 0 saturated heterocycles. The second-order valence-corrected chi connectivity index (χ2v) is 5.37. The number of hydrogen-bond donors (Lipinski definition) is 1. The van der Waals surface area contributed by atoms with Crippen LogP contribution in [0.25, 0.3) is 17.0 Å². The summed E-state index contributed by atoms with van der Waals surface area (Å²) in [5.74, 6) is 0.383. The van der Waals surface area contributed by atoms with Crippen LogP contribution in [-0.4, -0.2) is 25.7 Å². The highest BCUT2D eigenvalue weighted by Gasteiger charge is 2.16. The highest BCUT2D eigenvalue weighted by molar-refractivity contribution is 5.90. The van der Waals surface area contributed by atoms with Gasteiger partial charge in [0.05, 0.1) is 22.3 Å². The van der Waals surface area contributed by atoms with Crippen LogP contribution in [0.4, 0.5) is 0 Å². The molecular formula is C18H14N4O2. The Morgan fingerprint density at radius 3 is 2.62 bits per heavy atom. The van der Waals surface area contributed by atoms with Crippen molar-refractivity contribution in [2.24, 2.45) is 0 Å². The van der Waals surface area contributed by atoms with Gasteiger partial charge in [0, 0.05) is 6.07 Å². The first-order valence-corrected chi connectivity index (χ1v) is 7.50. The van der Waals surface area contributed by atoms with Crippen molar-refractivity contribution in [3.63, 3.8) is 0 Å². The Kier molecular flexibility index (Phi) is 3.35. The first-order valence-electron chi connectivity index (χ1n) is 7.50. The molecule has 0 fully saturated rings. The topological polar surface area (TPSA) is 72.8 Å². The molecule has 0 amide bonds. The van der Waals surface area contributed by atoms with Gasteiger partial charge in [-0.25, -0.2) is 9.78 Å². The van der Waals surface area contributed by atoms with Crippen LogP contribution in [0.3, 0.4) is 0 Å². The van der Waals surface area contributed by atoms with Crippen molar-refractivity contribution in [1.82, 2.24) is 19.7 Å². The van der Waals surface area contributed by atoms with Crippen LogP contribution in [0.15, 0.2) is 60.7 Å². The minimum atomic E-state index is -0.437. The van der Waals surface area contributed by atoms with E-state index in [0.717, 1.165) is 16.7 Å². The maximum Gasteiger partial charge on any atom is 0.344 e. The third-order valence-electron chi connectivity index (χ3n) is 3.58. The van der Waals surface area contributed by atoms with Crippen molar-refractivity contribution in [3.8, 4) is 11.8 Å². The molecule has 6 nitrogen and oxygen atoms in total. The number of ether oxygens (including phenoxy) is 1. The van der Waals surface area contributed by atoms with Gasteiger partial charge in [0.15, 0.2) is 0 Å². The van der Waals surface area contributed by atoms with E-state index in [2.05, 4.69) is 15.1 Å². The van der Waals surface area contributed by atoms with Crippen molar-refractivity contribution < 1.29 is 9.53 Å². The van der Waals surface area contributed by atoms with Crippen molar-refractivity contribution in [2.75, 3.05) is 0 Å². The van der Waals surface area contributed by atoms with Gasteiger partial charge < -0.3 is 9.72 Å². The van der Waals surface area contributed by atoms with Crippen LogP contribution < -0.4 is 4.74 Å². The second kappa shape index (κ2) is 5.66. The fourth-order valence-electron chi connectivity index (χ4n) is 2.47. The molecule has 2 heterocycles. The number of H-pyrrole nitrogens is 1. The standard InChI is InChI=1S/C18H14N4O2/c1-12-11-16(24-17(23)13-7-3-2-4-8-13)22(21-12)18-19-14-9-5-6-10-15(14)20-18/h2-11H,1H3,(H,19,20). The molecule has 4 aromatic rings. The van der Waals surface area contributed by atoms with Gasteiger partial charge in [0.1, 0.15) is 0 Å². The van der Waals surface area contributed by atoms with E-state index >= 15 is 0 Å². The molecule has 0 bridgehead atoms. The maximum atomic E-state index is 12.3. The lowest BCUT2D eigenvalue weighted by atomic mass is 10.2. The van der Waals surface area contributed by atoms with E-state index in [1.54, 1.807) is 30.3 Å². The average molecular weight is 318 g/mol. The molecule has 0 spiro atoms. The van der Waals surface area contributed by atoms with E-state index in [9.17, 15) is 4.79 Å². The summed E-state index contributed by atoms with van der Waals surface area (Å²) in [5, 5.41) is 4.37. The molecule has 0 aliphatic carbocycles. The predicted octanol–water partition coefficient (Wildman–Crippen LogP) is 3.28. The molecule has 2 aromatic carbocycles. The Labute approximate surface area is 137 Å². The number of carbonyl (C=O) groups is 1. The average Bonchev–Trinajstić information content (AvgIpc) is 3.18. The molecule has 1 N–H and O–H groups in total. The number of rotatable bonds is 3. The quantitative estimate of drug-likeness (QED) is 0.588. The molecule has 6 heteroatoms. The van der Waals surface area contributed by atoms with Gasteiger partial charge in [-0.3, -0.25) is 0 Å². The monoisotopic (exact) mass is 318 g/mol. The minimum Gasteiger partial charge on any atom is -0.404 e. The summed E-state index contributed by atoms with van der Waals surface area (Å²) in [5.41, 5.74) is 2.92. The first-order chi connectivity index (χ1) is 11.7. The van der Waals surface area contributed by atoms with E-state index < -0.39 is 5.97 Å². The number of aromatic amines is 1. The first kappa shape index (κ1) is 14.2. The van der Waals surface area contributed by atoms with Crippen molar-refractivity contribution in [3.05, 3.63) is 71.9 Å². The Morgan fingerprint density at radius 1 is 1.08 bits per heavy atom. The molecular weight excluding hydrogens is 304 g/mol. The van der Waals surface area contributed by atoms with Crippen molar-refractivity contribution >= 4 is 17.0 Å². The Morgan fingerprint density at radius 2 is 1.83 bits per heavy atom. The molecule has 2 aromatic heterocycles. The van der Waals surface area contributed by atoms with Gasteiger partial charge in [-0.1, -0.05) is 30.3 Å². The summed E-state index contributed by atoms with van der Waals surface area (Å²) < 4.78 is 7.00. The number of esters is 1. The minimum absolute atomic E-state index is 0.320. The van der Waals surface area contributed by atoms with Gasteiger partial charge in [0.2, 0.25) is 11.8 Å². The largest absolute Gasteiger partial charge is 0.404 e. The third kappa shape index (κ3) is 2.54. The fraction of sp³-hybridized carbons (Fsp3) is 0.0556. The van der Waals surface area contributed by atoms with Crippen LogP contribution in [-0.2, 0) is 0 Å². The number of aryl methyl sites for hydroxylation is 1. The van der Waals surface area contributed by atoms with E-state index in [0.29, 0.717) is 17.4 Å². The second-order valence-electron chi connectivity index (χ2n) is 5.37. The predicted molar refractivity (Wildman–Crippen MR) is 89.4 cm³/mol. The molecule has 118 valence electrons. The van der Waals surface area contributed by atoms with Gasteiger partial charge in [-0.2, -0.15) is 9.78 Å². The van der Waals surface area contributed by atoms with Crippen LogP contribution in [0, 0.1) is 6.92 Å². The number of nitrogens with zero attached hydrogens (tertiary/aromatic N) is 3. The molecule has 0 aliphatic rings. The summed E-state index contributed by atoms with van der Waals surface area (Å²) in [6.45, 7) is 1.83. The van der Waals surface area contributed by atoms with Crippen molar-refractivity contribution in [1.29, 1.82) is 0 Å². The maximum absolute atomic E-state index is 12.3. The Balaban J connectivity index is 1.71. The normalized spacial score (nSPS) is 10.9. The van der Waals surface area contributed by atoms with Crippen LogP contribution in [0.1, 0.15) is 16.1 Å². The molecule has 0 atom stereocenters. The zero-order chi connectivity index (χ0) is 16.5. The lowest BCUT2D eigenvalue weighted by Gasteiger charge is -2.05. The molecule has 4 rings (SSSR count). The number of imidazole rings is 1. The molecule has 0 saturated carbocycles. The molecule has 24 heavy (non-hydrogen) atoms. The molecule has 0 aliphatic heterocycles. The van der Waals surface area contributed by atoms with Gasteiger partial charge in [-0.15, -0.1) is 0 Å². The van der Waals surface area contributed by atoms with Crippen molar-refractivity contribution in [2.45, 2.75) is 6.92 Å². The lowest BCUT2D eigenvalue weighted by Crippen LogP contribution is -2.12. The van der Waals surface area contributed by atoms with E-state index in [4.69, 9.17) is 4.74 Å². The van der Waals surface area contributed by atoms with E-state index in [-0.39, 0.29) is 0 Å². The number of para-hydroxylation sites is 2. The molecule has 0 radical (unpaired) electrons. The number of carbonyl (C=O) groups excluding carboxylic acids is 1.